The molecule has 3 rings (SSSR count). The monoisotopic (exact) mass is 337 g/mol. The third-order valence-corrected chi connectivity index (χ3v) is 3.46. The predicted octanol–water partition coefficient (Wildman–Crippen LogP) is 2.57. The zero-order valence-corrected chi connectivity index (χ0v) is 14.4. The average Bonchev–Trinajstić information content (AvgIpc) is 3.05. The summed E-state index contributed by atoms with van der Waals surface area (Å²) in [6.07, 6.45) is 3.39. The molecule has 0 atom stereocenters. The number of aromatic nitrogens is 2. The van der Waals surface area contributed by atoms with Crippen molar-refractivity contribution in [3.8, 4) is 23.3 Å². The van der Waals surface area contributed by atoms with Gasteiger partial charge in [0.2, 0.25) is 5.58 Å². The third kappa shape index (κ3) is 4.08. The van der Waals surface area contributed by atoms with Crippen molar-refractivity contribution in [3.63, 3.8) is 0 Å². The molecule has 2 aromatic heterocycles. The maximum Gasteiger partial charge on any atom is 0.274 e. The Bertz CT molecular complexity index is 908. The minimum Gasteiger partial charge on any atom is -0.494 e. The third-order valence-electron chi connectivity index (χ3n) is 3.46. The highest BCUT2D eigenvalue weighted by Gasteiger charge is 2.15. The summed E-state index contributed by atoms with van der Waals surface area (Å²) in [5.41, 5.74) is 1.92. The van der Waals surface area contributed by atoms with Crippen molar-refractivity contribution in [1.29, 1.82) is 0 Å². The van der Waals surface area contributed by atoms with Crippen molar-refractivity contribution in [1.82, 2.24) is 14.9 Å². The first-order valence-electron chi connectivity index (χ1n) is 7.84. The first-order valence-corrected chi connectivity index (χ1v) is 7.84. The topological polar surface area (TPSA) is 60.6 Å². The molecule has 3 aromatic rings. The first kappa shape index (κ1) is 16.8. The van der Waals surface area contributed by atoms with Crippen LogP contribution >= 0.6 is 0 Å². The minimum atomic E-state index is 0.306. The molecule has 6 heteroatoms. The summed E-state index contributed by atoms with van der Waals surface area (Å²) in [6, 6.07) is 7.34. The van der Waals surface area contributed by atoms with E-state index in [2.05, 4.69) is 21.8 Å². The molecule has 0 fully saturated rings. The summed E-state index contributed by atoms with van der Waals surface area (Å²) >= 11 is 0. The zero-order valence-electron chi connectivity index (χ0n) is 14.4. The van der Waals surface area contributed by atoms with Crippen LogP contribution in [0.15, 0.2) is 41.1 Å². The van der Waals surface area contributed by atoms with Gasteiger partial charge in [-0.05, 0) is 44.3 Å². The summed E-state index contributed by atoms with van der Waals surface area (Å²) in [7, 11) is 5.58. The molecular weight excluding hydrogens is 318 g/mol. The van der Waals surface area contributed by atoms with Gasteiger partial charge in [-0.3, -0.25) is 4.98 Å². The number of ether oxygens (including phenoxy) is 2. The fourth-order valence-corrected chi connectivity index (χ4v) is 2.19. The molecule has 2 heterocycles. The Hall–Kier alpha value is -3.04. The highest BCUT2D eigenvalue weighted by Crippen LogP contribution is 2.33. The highest BCUT2D eigenvalue weighted by molar-refractivity contribution is 5.85. The van der Waals surface area contributed by atoms with Crippen molar-refractivity contribution in [2.75, 3.05) is 34.4 Å². The molecule has 0 aliphatic rings. The number of fused-ring (bicyclic) bond motifs is 1. The van der Waals surface area contributed by atoms with Gasteiger partial charge in [0.15, 0.2) is 11.3 Å². The second-order valence-electron chi connectivity index (χ2n) is 5.61. The highest BCUT2D eigenvalue weighted by atomic mass is 16.5. The molecule has 0 bridgehead atoms. The van der Waals surface area contributed by atoms with Crippen molar-refractivity contribution in [3.05, 3.63) is 48.1 Å². The normalized spacial score (nSPS) is 10.6. The van der Waals surface area contributed by atoms with Crippen LogP contribution in [-0.2, 0) is 0 Å². The van der Waals surface area contributed by atoms with Gasteiger partial charge in [-0.15, -0.1) is 0 Å². The van der Waals surface area contributed by atoms with Gasteiger partial charge in [-0.2, -0.15) is 4.98 Å². The largest absolute Gasteiger partial charge is 0.494 e. The van der Waals surface area contributed by atoms with E-state index < -0.39 is 0 Å². The van der Waals surface area contributed by atoms with E-state index in [-0.39, 0.29) is 0 Å². The van der Waals surface area contributed by atoms with E-state index in [0.29, 0.717) is 35.1 Å². The number of rotatable bonds is 5. The van der Waals surface area contributed by atoms with Crippen LogP contribution in [-0.4, -0.2) is 49.2 Å². The Kier molecular flexibility index (Phi) is 5.17. The van der Waals surface area contributed by atoms with Crippen LogP contribution in [0.2, 0.25) is 0 Å². The van der Waals surface area contributed by atoms with Gasteiger partial charge in [0.25, 0.3) is 5.89 Å². The number of oxazole rings is 1. The Balaban J connectivity index is 1.92. The van der Waals surface area contributed by atoms with Gasteiger partial charge in [0.1, 0.15) is 12.4 Å². The fourth-order valence-electron chi connectivity index (χ4n) is 2.19. The Labute approximate surface area is 146 Å². The van der Waals surface area contributed by atoms with Gasteiger partial charge in [0.05, 0.1) is 7.11 Å². The summed E-state index contributed by atoms with van der Waals surface area (Å²) in [5.74, 6) is 7.45. The second kappa shape index (κ2) is 7.69. The standard InChI is InChI=1S/C19H19N3O3/c1-22(2)11-12-24-16-8-7-15(23-3)18-19(16)25-17(21-18)9-6-14-5-4-10-20-13-14/h4-5,7-8,10,13H,11-12H2,1-3H3. The number of likely N-dealkylation sites (N-methyl/N-ethyl adjacent to an activating group) is 1. The number of methoxy groups -OCH3 is 1. The van der Waals surface area contributed by atoms with E-state index >= 15 is 0 Å². The lowest BCUT2D eigenvalue weighted by atomic mass is 10.3. The lowest BCUT2D eigenvalue weighted by molar-refractivity contribution is 0.261. The van der Waals surface area contributed by atoms with E-state index in [9.17, 15) is 0 Å². The number of pyridine rings is 1. The first-order chi connectivity index (χ1) is 12.2. The van der Waals surface area contributed by atoms with Gasteiger partial charge < -0.3 is 18.8 Å². The Morgan fingerprint density at radius 3 is 2.72 bits per heavy atom. The molecule has 128 valence electrons. The lowest BCUT2D eigenvalue weighted by Crippen LogP contribution is -2.19. The smallest absolute Gasteiger partial charge is 0.274 e. The summed E-state index contributed by atoms with van der Waals surface area (Å²) in [5, 5.41) is 0. The maximum absolute atomic E-state index is 5.82. The minimum absolute atomic E-state index is 0.306. The van der Waals surface area contributed by atoms with Crippen molar-refractivity contribution < 1.29 is 13.9 Å². The maximum atomic E-state index is 5.82. The molecule has 0 saturated carbocycles. The van der Waals surface area contributed by atoms with E-state index in [4.69, 9.17) is 13.9 Å². The molecule has 0 saturated heterocycles. The Morgan fingerprint density at radius 2 is 2.00 bits per heavy atom. The van der Waals surface area contributed by atoms with Crippen LogP contribution in [0.25, 0.3) is 11.1 Å². The quantitative estimate of drug-likeness (QED) is 0.667. The molecule has 0 amide bonds. The predicted molar refractivity (Wildman–Crippen MR) is 94.8 cm³/mol. The molecule has 0 N–H and O–H groups in total. The number of benzene rings is 1. The summed E-state index contributed by atoms with van der Waals surface area (Å²) in [6.45, 7) is 1.35. The van der Waals surface area contributed by atoms with Crippen molar-refractivity contribution in [2.24, 2.45) is 0 Å². The number of nitrogens with zero attached hydrogens (tertiary/aromatic N) is 3. The molecule has 1 aromatic carbocycles. The molecule has 0 radical (unpaired) electrons. The van der Waals surface area contributed by atoms with E-state index in [1.54, 1.807) is 19.5 Å². The van der Waals surface area contributed by atoms with Gasteiger partial charge in [-0.25, -0.2) is 0 Å². The van der Waals surface area contributed by atoms with Crippen molar-refractivity contribution in [2.45, 2.75) is 0 Å². The van der Waals surface area contributed by atoms with E-state index in [1.165, 1.54) is 0 Å². The van der Waals surface area contributed by atoms with E-state index in [0.717, 1.165) is 12.1 Å². The molecule has 25 heavy (non-hydrogen) atoms. The molecular formula is C19H19N3O3. The Morgan fingerprint density at radius 1 is 1.16 bits per heavy atom. The molecule has 0 aliphatic carbocycles. The van der Waals surface area contributed by atoms with Crippen LogP contribution < -0.4 is 9.47 Å². The van der Waals surface area contributed by atoms with Crippen LogP contribution in [0, 0.1) is 11.8 Å². The number of hydrogen-bond donors (Lipinski definition) is 0. The molecule has 0 spiro atoms. The number of hydrogen-bond acceptors (Lipinski definition) is 6. The van der Waals surface area contributed by atoms with Crippen molar-refractivity contribution >= 4 is 11.1 Å². The molecule has 0 aliphatic heterocycles. The molecule has 6 nitrogen and oxygen atoms in total. The van der Waals surface area contributed by atoms with Gasteiger partial charge in [0, 0.05) is 24.5 Å². The SMILES string of the molecule is COc1ccc(OCCN(C)C)c2oc(C#Cc3cccnc3)nc12. The zero-order chi connectivity index (χ0) is 17.6. The van der Waals surface area contributed by atoms with Gasteiger partial charge in [-0.1, -0.05) is 5.92 Å². The summed E-state index contributed by atoms with van der Waals surface area (Å²) < 4.78 is 17.0. The van der Waals surface area contributed by atoms with Crippen LogP contribution in [0.4, 0.5) is 0 Å². The average molecular weight is 337 g/mol. The second-order valence-corrected chi connectivity index (χ2v) is 5.61. The fraction of sp³-hybridized carbons (Fsp3) is 0.263. The van der Waals surface area contributed by atoms with Gasteiger partial charge >= 0.3 is 0 Å². The van der Waals surface area contributed by atoms with Crippen LogP contribution in [0.1, 0.15) is 11.5 Å². The van der Waals surface area contributed by atoms with Crippen LogP contribution in [0.5, 0.6) is 11.5 Å². The lowest BCUT2D eigenvalue weighted by Gasteiger charge is -2.11. The summed E-state index contributed by atoms with van der Waals surface area (Å²) in [4.78, 5) is 10.5. The van der Waals surface area contributed by atoms with E-state index in [1.807, 2.05) is 43.3 Å². The van der Waals surface area contributed by atoms with Crippen LogP contribution in [0.3, 0.4) is 0 Å². The molecule has 0 unspecified atom stereocenters.